The molecule has 2 unspecified atom stereocenters. The molecule has 1 saturated heterocycles. The molecule has 0 aromatic heterocycles. The zero-order valence-electron chi connectivity index (χ0n) is 13.2. The molecule has 1 aliphatic heterocycles. The van der Waals surface area contributed by atoms with Crippen LogP contribution in [0.2, 0.25) is 0 Å². The summed E-state index contributed by atoms with van der Waals surface area (Å²) in [4.78, 5) is 40.0. The van der Waals surface area contributed by atoms with Crippen LogP contribution in [-0.2, 0) is 9.59 Å². The topological polar surface area (TPSA) is 81.2 Å². The molecule has 7 heteroatoms. The highest BCUT2D eigenvalue weighted by atomic mass is 16.4. The van der Waals surface area contributed by atoms with E-state index in [9.17, 15) is 19.5 Å². The number of likely N-dealkylation sites (N-methyl/N-ethyl adjacent to an activating group) is 1. The van der Waals surface area contributed by atoms with E-state index >= 15 is 0 Å². The Morgan fingerprint density at radius 3 is 2.38 bits per heavy atom. The Bertz CT molecular complexity index is 411. The highest BCUT2D eigenvalue weighted by Gasteiger charge is 2.41. The Hall–Kier alpha value is -1.79. The molecule has 0 saturated carbocycles. The van der Waals surface area contributed by atoms with Gasteiger partial charge in [-0.25, -0.2) is 9.59 Å². The van der Waals surface area contributed by atoms with Gasteiger partial charge in [-0.15, -0.1) is 0 Å². The van der Waals surface area contributed by atoms with Gasteiger partial charge in [-0.3, -0.25) is 4.79 Å². The summed E-state index contributed by atoms with van der Waals surface area (Å²) in [5.41, 5.74) is 0. The minimum absolute atomic E-state index is 0.0170. The normalized spacial score (nSPS) is 21.2. The van der Waals surface area contributed by atoms with Crippen molar-refractivity contribution >= 4 is 17.9 Å². The van der Waals surface area contributed by atoms with Crippen molar-refractivity contribution in [1.29, 1.82) is 0 Å². The summed E-state index contributed by atoms with van der Waals surface area (Å²) in [6, 6.07) is -1.16. The van der Waals surface area contributed by atoms with E-state index in [-0.39, 0.29) is 24.4 Å². The quantitative estimate of drug-likeness (QED) is 0.810. The van der Waals surface area contributed by atoms with Gasteiger partial charge in [-0.1, -0.05) is 13.8 Å². The van der Waals surface area contributed by atoms with Crippen molar-refractivity contribution in [3.8, 4) is 0 Å². The molecule has 0 aromatic rings. The molecule has 0 spiro atoms. The molecule has 1 N–H and O–H groups in total. The summed E-state index contributed by atoms with van der Waals surface area (Å²) in [6.07, 6.45) is 1.39. The van der Waals surface area contributed by atoms with Crippen LogP contribution >= 0.6 is 0 Å². The first-order valence-corrected chi connectivity index (χ1v) is 7.28. The molecule has 1 rings (SSSR count). The second kappa shape index (κ2) is 7.28. The first kappa shape index (κ1) is 17.3. The van der Waals surface area contributed by atoms with Crippen LogP contribution in [0.25, 0.3) is 0 Å². The minimum Gasteiger partial charge on any atom is -0.480 e. The molecule has 120 valence electrons. The maximum Gasteiger partial charge on any atom is 0.326 e. The first-order chi connectivity index (χ1) is 9.79. The third kappa shape index (κ3) is 4.09. The van der Waals surface area contributed by atoms with E-state index < -0.39 is 12.0 Å². The Labute approximate surface area is 125 Å². The summed E-state index contributed by atoms with van der Waals surface area (Å²) in [6.45, 7) is 4.60. The number of hydrogen-bond acceptors (Lipinski definition) is 3. The zero-order chi connectivity index (χ0) is 16.2. The van der Waals surface area contributed by atoms with Crippen LogP contribution in [0.15, 0.2) is 0 Å². The molecule has 3 amide bonds. The van der Waals surface area contributed by atoms with Gasteiger partial charge in [0.25, 0.3) is 0 Å². The standard InChI is InChI=1S/C14H25N3O4/c1-5-7-16(9-11(18)15(3)4)14(21)17-8-6-10(2)12(17)13(19)20/h10,12H,5-9H2,1-4H3,(H,19,20). The van der Waals surface area contributed by atoms with Crippen molar-refractivity contribution in [3.63, 3.8) is 0 Å². The number of rotatable bonds is 5. The van der Waals surface area contributed by atoms with E-state index in [1.807, 2.05) is 13.8 Å². The second-order valence-electron chi connectivity index (χ2n) is 5.73. The van der Waals surface area contributed by atoms with Crippen LogP contribution in [-0.4, -0.2) is 77.5 Å². The molecule has 21 heavy (non-hydrogen) atoms. The van der Waals surface area contributed by atoms with Gasteiger partial charge in [0.15, 0.2) is 0 Å². The Morgan fingerprint density at radius 1 is 1.29 bits per heavy atom. The van der Waals surface area contributed by atoms with Gasteiger partial charge in [0, 0.05) is 27.2 Å². The highest BCUT2D eigenvalue weighted by molar-refractivity contribution is 5.87. The number of urea groups is 1. The van der Waals surface area contributed by atoms with E-state index in [4.69, 9.17) is 0 Å². The van der Waals surface area contributed by atoms with Crippen molar-refractivity contribution in [2.24, 2.45) is 5.92 Å². The van der Waals surface area contributed by atoms with E-state index in [2.05, 4.69) is 0 Å². The molecule has 0 radical (unpaired) electrons. The number of carbonyl (C=O) groups is 3. The summed E-state index contributed by atoms with van der Waals surface area (Å²) in [7, 11) is 3.27. The number of nitrogens with zero attached hydrogens (tertiary/aromatic N) is 3. The van der Waals surface area contributed by atoms with E-state index in [0.29, 0.717) is 25.9 Å². The molecule has 1 fully saturated rings. The van der Waals surface area contributed by atoms with Crippen LogP contribution in [0.3, 0.4) is 0 Å². The number of carboxylic acid groups (broad SMARTS) is 1. The molecule has 0 aliphatic carbocycles. The fourth-order valence-corrected chi connectivity index (χ4v) is 2.54. The van der Waals surface area contributed by atoms with Gasteiger partial charge in [0.05, 0.1) is 0 Å². The van der Waals surface area contributed by atoms with Crippen molar-refractivity contribution in [1.82, 2.24) is 14.7 Å². The Kier molecular flexibility index (Phi) is 5.99. The average molecular weight is 299 g/mol. The smallest absolute Gasteiger partial charge is 0.326 e. The molecular weight excluding hydrogens is 274 g/mol. The van der Waals surface area contributed by atoms with Crippen molar-refractivity contribution in [2.45, 2.75) is 32.7 Å². The first-order valence-electron chi connectivity index (χ1n) is 7.28. The molecular formula is C14H25N3O4. The largest absolute Gasteiger partial charge is 0.480 e. The van der Waals surface area contributed by atoms with Gasteiger partial charge in [-0.05, 0) is 18.8 Å². The van der Waals surface area contributed by atoms with Crippen LogP contribution in [0.5, 0.6) is 0 Å². The van der Waals surface area contributed by atoms with E-state index in [1.54, 1.807) is 14.1 Å². The molecule has 0 aromatic carbocycles. The summed E-state index contributed by atoms with van der Waals surface area (Å²) < 4.78 is 0. The second-order valence-corrected chi connectivity index (χ2v) is 5.73. The SMILES string of the molecule is CCCN(CC(=O)N(C)C)C(=O)N1CCC(C)C1C(=O)O. The predicted molar refractivity (Wildman–Crippen MR) is 77.9 cm³/mol. The Balaban J connectivity index is 2.85. The Morgan fingerprint density at radius 2 is 1.90 bits per heavy atom. The number of amides is 3. The van der Waals surface area contributed by atoms with Crippen LogP contribution in [0.4, 0.5) is 4.79 Å². The highest BCUT2D eigenvalue weighted by Crippen LogP contribution is 2.25. The maximum atomic E-state index is 12.6. The van der Waals surface area contributed by atoms with Crippen LogP contribution in [0.1, 0.15) is 26.7 Å². The molecule has 1 heterocycles. The summed E-state index contributed by atoms with van der Waals surface area (Å²) in [5, 5.41) is 9.30. The average Bonchev–Trinajstić information content (AvgIpc) is 2.79. The molecule has 7 nitrogen and oxygen atoms in total. The lowest BCUT2D eigenvalue weighted by Crippen LogP contribution is -2.51. The fourth-order valence-electron chi connectivity index (χ4n) is 2.54. The lowest BCUT2D eigenvalue weighted by atomic mass is 10.0. The lowest BCUT2D eigenvalue weighted by molar-refractivity contribution is -0.142. The molecule has 0 bridgehead atoms. The minimum atomic E-state index is -0.983. The van der Waals surface area contributed by atoms with E-state index in [0.717, 1.165) is 0 Å². The third-order valence-corrected chi connectivity index (χ3v) is 3.79. The van der Waals surface area contributed by atoms with Crippen molar-refractivity contribution in [3.05, 3.63) is 0 Å². The van der Waals surface area contributed by atoms with Crippen molar-refractivity contribution in [2.75, 3.05) is 33.7 Å². The number of carboxylic acids is 1. The van der Waals surface area contributed by atoms with Gasteiger partial charge in [-0.2, -0.15) is 0 Å². The summed E-state index contributed by atoms with van der Waals surface area (Å²) in [5.74, 6) is -1.22. The van der Waals surface area contributed by atoms with Gasteiger partial charge < -0.3 is 19.8 Å². The van der Waals surface area contributed by atoms with Crippen molar-refractivity contribution < 1.29 is 19.5 Å². The third-order valence-electron chi connectivity index (χ3n) is 3.79. The zero-order valence-corrected chi connectivity index (χ0v) is 13.2. The fraction of sp³-hybridized carbons (Fsp3) is 0.786. The molecule has 1 aliphatic rings. The van der Waals surface area contributed by atoms with E-state index in [1.165, 1.54) is 14.7 Å². The van der Waals surface area contributed by atoms with Gasteiger partial charge in [0.1, 0.15) is 12.6 Å². The van der Waals surface area contributed by atoms with Crippen LogP contribution < -0.4 is 0 Å². The predicted octanol–water partition coefficient (Wildman–Crippen LogP) is 0.702. The number of likely N-dealkylation sites (tertiary alicyclic amines) is 1. The summed E-state index contributed by atoms with van der Waals surface area (Å²) >= 11 is 0. The molecule has 2 atom stereocenters. The maximum absolute atomic E-state index is 12.6. The lowest BCUT2D eigenvalue weighted by Gasteiger charge is -2.31. The van der Waals surface area contributed by atoms with Gasteiger partial charge >= 0.3 is 12.0 Å². The van der Waals surface area contributed by atoms with Crippen LogP contribution in [0, 0.1) is 5.92 Å². The number of carbonyl (C=O) groups excluding carboxylic acids is 2. The monoisotopic (exact) mass is 299 g/mol. The number of aliphatic carboxylic acids is 1. The van der Waals surface area contributed by atoms with Gasteiger partial charge in [0.2, 0.25) is 5.91 Å². The number of hydrogen-bond donors (Lipinski definition) is 1.